The SMILES string of the molecule is CC.CN(Cc1ccc(/C=C/C(=O)Nc2ccccc2N)cc1)C1CCCCC1. The van der Waals surface area contributed by atoms with E-state index in [-0.39, 0.29) is 5.91 Å². The molecule has 29 heavy (non-hydrogen) atoms. The summed E-state index contributed by atoms with van der Waals surface area (Å²) in [5.74, 6) is -0.186. The third-order valence-corrected chi connectivity index (χ3v) is 5.26. The molecule has 0 bridgehead atoms. The van der Waals surface area contributed by atoms with Crippen LogP contribution in [0.3, 0.4) is 0 Å². The largest absolute Gasteiger partial charge is 0.397 e. The molecule has 1 fully saturated rings. The average molecular weight is 394 g/mol. The number of nitrogens with zero attached hydrogens (tertiary/aromatic N) is 1. The number of amides is 1. The number of anilines is 2. The van der Waals surface area contributed by atoms with Crippen LogP contribution >= 0.6 is 0 Å². The van der Waals surface area contributed by atoms with Gasteiger partial charge in [-0.2, -0.15) is 0 Å². The molecule has 1 aliphatic rings. The van der Waals surface area contributed by atoms with Crippen molar-refractivity contribution < 1.29 is 4.79 Å². The maximum Gasteiger partial charge on any atom is 0.248 e. The molecule has 156 valence electrons. The van der Waals surface area contributed by atoms with Crippen LogP contribution in [0.15, 0.2) is 54.6 Å². The first-order valence-corrected chi connectivity index (χ1v) is 10.7. The van der Waals surface area contributed by atoms with E-state index in [1.54, 1.807) is 12.1 Å². The lowest BCUT2D eigenvalue weighted by atomic mass is 9.94. The number of carbonyl (C=O) groups is 1. The number of carbonyl (C=O) groups excluding carboxylic acids is 1. The zero-order chi connectivity index (χ0) is 21.1. The van der Waals surface area contributed by atoms with E-state index >= 15 is 0 Å². The Kier molecular flexibility index (Phi) is 9.45. The molecule has 1 aliphatic carbocycles. The van der Waals surface area contributed by atoms with Crippen molar-refractivity contribution in [2.75, 3.05) is 18.1 Å². The predicted molar refractivity (Wildman–Crippen MR) is 125 cm³/mol. The second-order valence-electron chi connectivity index (χ2n) is 7.36. The molecule has 0 heterocycles. The third kappa shape index (κ3) is 7.39. The van der Waals surface area contributed by atoms with Crippen molar-refractivity contribution in [3.8, 4) is 0 Å². The second kappa shape index (κ2) is 12.1. The minimum Gasteiger partial charge on any atom is -0.397 e. The lowest BCUT2D eigenvalue weighted by molar-refractivity contribution is -0.111. The number of nitrogens with two attached hydrogens (primary N) is 1. The van der Waals surface area contributed by atoms with Gasteiger partial charge in [0.05, 0.1) is 11.4 Å². The Morgan fingerprint density at radius 2 is 1.72 bits per heavy atom. The fourth-order valence-electron chi connectivity index (χ4n) is 3.63. The Balaban J connectivity index is 0.00000145. The number of nitrogen functional groups attached to an aromatic ring is 1. The van der Waals surface area contributed by atoms with Crippen LogP contribution in [-0.2, 0) is 11.3 Å². The fourth-order valence-corrected chi connectivity index (χ4v) is 3.63. The van der Waals surface area contributed by atoms with E-state index in [1.165, 1.54) is 43.7 Å². The lowest BCUT2D eigenvalue weighted by Crippen LogP contribution is -2.32. The highest BCUT2D eigenvalue weighted by atomic mass is 16.1. The molecule has 0 spiro atoms. The Hall–Kier alpha value is -2.59. The van der Waals surface area contributed by atoms with Gasteiger partial charge in [0.1, 0.15) is 0 Å². The molecule has 3 N–H and O–H groups in total. The van der Waals surface area contributed by atoms with Gasteiger partial charge in [0.25, 0.3) is 0 Å². The summed E-state index contributed by atoms with van der Waals surface area (Å²) < 4.78 is 0. The first-order valence-electron chi connectivity index (χ1n) is 10.7. The van der Waals surface area contributed by atoms with Crippen molar-refractivity contribution in [1.29, 1.82) is 0 Å². The highest BCUT2D eigenvalue weighted by Crippen LogP contribution is 2.23. The normalized spacial score (nSPS) is 14.5. The molecule has 1 saturated carbocycles. The first-order chi connectivity index (χ1) is 14.1. The molecule has 0 aromatic heterocycles. The van der Waals surface area contributed by atoms with E-state index in [9.17, 15) is 4.79 Å². The van der Waals surface area contributed by atoms with Gasteiger partial charge in [-0.25, -0.2) is 0 Å². The number of para-hydroxylation sites is 2. The molecule has 0 aliphatic heterocycles. The molecular formula is C25H35N3O. The number of benzene rings is 2. The number of hydrogen-bond donors (Lipinski definition) is 2. The van der Waals surface area contributed by atoms with Crippen LogP contribution in [0.1, 0.15) is 57.1 Å². The maximum atomic E-state index is 12.1. The van der Waals surface area contributed by atoms with Crippen LogP contribution in [0.2, 0.25) is 0 Å². The summed E-state index contributed by atoms with van der Waals surface area (Å²) in [6.45, 7) is 4.97. The van der Waals surface area contributed by atoms with Crippen molar-refractivity contribution in [2.45, 2.75) is 58.5 Å². The molecule has 3 rings (SSSR count). The molecular weight excluding hydrogens is 358 g/mol. The van der Waals surface area contributed by atoms with Gasteiger partial charge < -0.3 is 11.1 Å². The molecule has 2 aromatic carbocycles. The van der Waals surface area contributed by atoms with E-state index < -0.39 is 0 Å². The molecule has 0 radical (unpaired) electrons. The number of nitrogens with one attached hydrogen (secondary N) is 1. The minimum absolute atomic E-state index is 0.186. The molecule has 0 atom stereocenters. The molecule has 4 nitrogen and oxygen atoms in total. The van der Waals surface area contributed by atoms with Gasteiger partial charge >= 0.3 is 0 Å². The van der Waals surface area contributed by atoms with Gasteiger partial charge in [-0.3, -0.25) is 9.69 Å². The molecule has 0 saturated heterocycles. The highest BCUT2D eigenvalue weighted by Gasteiger charge is 2.17. The van der Waals surface area contributed by atoms with Gasteiger partial charge in [0.15, 0.2) is 0 Å². The van der Waals surface area contributed by atoms with Crippen molar-refractivity contribution >= 4 is 23.4 Å². The van der Waals surface area contributed by atoms with E-state index in [0.29, 0.717) is 17.4 Å². The summed E-state index contributed by atoms with van der Waals surface area (Å²) in [5.41, 5.74) is 9.35. The van der Waals surface area contributed by atoms with Crippen LogP contribution in [0.5, 0.6) is 0 Å². The third-order valence-electron chi connectivity index (χ3n) is 5.26. The van der Waals surface area contributed by atoms with E-state index in [2.05, 4.69) is 41.5 Å². The summed E-state index contributed by atoms with van der Waals surface area (Å²) in [5, 5.41) is 2.80. The summed E-state index contributed by atoms with van der Waals surface area (Å²) in [7, 11) is 2.23. The van der Waals surface area contributed by atoms with Gasteiger partial charge in [-0.1, -0.05) is 69.5 Å². The topological polar surface area (TPSA) is 58.4 Å². The quantitative estimate of drug-likeness (QED) is 0.488. The van der Waals surface area contributed by atoms with E-state index in [4.69, 9.17) is 5.73 Å². The Bertz CT molecular complexity index is 777. The predicted octanol–water partition coefficient (Wildman–Crippen LogP) is 5.71. The van der Waals surface area contributed by atoms with Gasteiger partial charge in [0, 0.05) is 18.7 Å². The molecule has 1 amide bonds. The zero-order valence-electron chi connectivity index (χ0n) is 18.0. The lowest BCUT2D eigenvalue weighted by Gasteiger charge is -2.31. The van der Waals surface area contributed by atoms with Crippen molar-refractivity contribution in [3.63, 3.8) is 0 Å². The van der Waals surface area contributed by atoms with Crippen LogP contribution in [0, 0.1) is 0 Å². The summed E-state index contributed by atoms with van der Waals surface area (Å²) >= 11 is 0. The maximum absolute atomic E-state index is 12.1. The van der Waals surface area contributed by atoms with Crippen molar-refractivity contribution in [2.24, 2.45) is 0 Å². The van der Waals surface area contributed by atoms with Crippen molar-refractivity contribution in [1.82, 2.24) is 4.90 Å². The summed E-state index contributed by atoms with van der Waals surface area (Å²) in [6, 6.07) is 16.4. The monoisotopic (exact) mass is 393 g/mol. The molecule has 2 aromatic rings. The second-order valence-corrected chi connectivity index (χ2v) is 7.36. The number of hydrogen-bond acceptors (Lipinski definition) is 3. The summed E-state index contributed by atoms with van der Waals surface area (Å²) in [4.78, 5) is 14.5. The molecule has 0 unspecified atom stereocenters. The van der Waals surface area contributed by atoms with Gasteiger partial charge in [-0.15, -0.1) is 0 Å². The number of rotatable bonds is 6. The van der Waals surface area contributed by atoms with Crippen LogP contribution in [-0.4, -0.2) is 23.9 Å². The zero-order valence-corrected chi connectivity index (χ0v) is 18.0. The Labute approximate surface area is 175 Å². The smallest absolute Gasteiger partial charge is 0.248 e. The van der Waals surface area contributed by atoms with Crippen molar-refractivity contribution in [3.05, 3.63) is 65.7 Å². The highest BCUT2D eigenvalue weighted by molar-refractivity contribution is 6.03. The minimum atomic E-state index is -0.186. The van der Waals surface area contributed by atoms with Crippen LogP contribution in [0.4, 0.5) is 11.4 Å². The standard InChI is InChI=1S/C23H29N3O.C2H6/c1-26(20-7-3-2-4-8-20)17-19-13-11-18(12-14-19)15-16-23(27)25-22-10-6-5-9-21(22)24;1-2/h5-6,9-16,20H,2-4,7-8,17,24H2,1H3,(H,25,27);1-2H3/b16-15+;. The van der Waals surface area contributed by atoms with E-state index in [0.717, 1.165) is 12.1 Å². The average Bonchev–Trinajstić information content (AvgIpc) is 2.77. The molecule has 4 heteroatoms. The Morgan fingerprint density at radius 3 is 2.38 bits per heavy atom. The Morgan fingerprint density at radius 1 is 1.07 bits per heavy atom. The van der Waals surface area contributed by atoms with Crippen LogP contribution < -0.4 is 11.1 Å². The van der Waals surface area contributed by atoms with E-state index in [1.807, 2.05) is 32.1 Å². The summed E-state index contributed by atoms with van der Waals surface area (Å²) in [6.07, 6.45) is 10.1. The van der Waals surface area contributed by atoms with Gasteiger partial charge in [0.2, 0.25) is 5.91 Å². The van der Waals surface area contributed by atoms with Gasteiger partial charge in [-0.05, 0) is 49.2 Å². The van der Waals surface area contributed by atoms with Crippen LogP contribution in [0.25, 0.3) is 6.08 Å². The first kappa shape index (κ1) is 22.7. The fraction of sp³-hybridized carbons (Fsp3) is 0.400.